The summed E-state index contributed by atoms with van der Waals surface area (Å²) in [6.45, 7) is 0. The molecule has 22 heavy (non-hydrogen) atoms. The summed E-state index contributed by atoms with van der Waals surface area (Å²) in [5.74, 6) is 0. The molecule has 3 aromatic rings. The highest BCUT2D eigenvalue weighted by molar-refractivity contribution is 7.98. The van der Waals surface area contributed by atoms with Crippen molar-refractivity contribution in [3.05, 3.63) is 41.5 Å². The predicted molar refractivity (Wildman–Crippen MR) is 81.9 cm³/mol. The number of alkyl halides is 3. The van der Waals surface area contributed by atoms with Gasteiger partial charge in [-0.2, -0.15) is 18.3 Å². The quantitative estimate of drug-likeness (QED) is 0.686. The number of nitrogens with one attached hydrogen (secondary N) is 1. The van der Waals surface area contributed by atoms with E-state index in [1.54, 1.807) is 35.4 Å². The number of aromatic amines is 1. The molecule has 0 unspecified atom stereocenters. The summed E-state index contributed by atoms with van der Waals surface area (Å²) in [5.41, 5.74) is 0.629. The van der Waals surface area contributed by atoms with Crippen LogP contribution in [0.3, 0.4) is 0 Å². The van der Waals surface area contributed by atoms with E-state index in [-0.39, 0.29) is 5.69 Å². The first kappa shape index (κ1) is 15.1. The van der Waals surface area contributed by atoms with E-state index < -0.39 is 11.9 Å². The minimum absolute atomic E-state index is 0.176. The zero-order valence-corrected chi connectivity index (χ0v) is 12.9. The van der Waals surface area contributed by atoms with Crippen molar-refractivity contribution in [2.45, 2.75) is 11.1 Å². The van der Waals surface area contributed by atoms with E-state index in [2.05, 4.69) is 21.5 Å². The molecule has 0 fully saturated rings. The second kappa shape index (κ2) is 5.77. The maximum absolute atomic E-state index is 12.5. The Bertz CT molecular complexity index is 775. The fraction of sp³-hybridized carbons (Fsp3) is 0.143. The van der Waals surface area contributed by atoms with Crippen molar-refractivity contribution in [2.75, 3.05) is 6.26 Å². The van der Waals surface area contributed by atoms with E-state index >= 15 is 0 Å². The molecule has 1 N–H and O–H groups in total. The summed E-state index contributed by atoms with van der Waals surface area (Å²) in [5, 5.41) is 7.70. The predicted octanol–water partition coefficient (Wildman–Crippen LogP) is 4.94. The normalized spacial score (nSPS) is 11.8. The Balaban J connectivity index is 1.86. The third-order valence-electron chi connectivity index (χ3n) is 3.00. The Labute approximate surface area is 132 Å². The second-order valence-corrected chi connectivity index (χ2v) is 6.24. The van der Waals surface area contributed by atoms with Gasteiger partial charge >= 0.3 is 6.18 Å². The minimum Gasteiger partial charge on any atom is -0.273 e. The number of thioether (sulfide) groups is 1. The summed E-state index contributed by atoms with van der Waals surface area (Å²) in [6.07, 6.45) is -0.785. The van der Waals surface area contributed by atoms with Crippen molar-refractivity contribution in [2.24, 2.45) is 0 Å². The Morgan fingerprint density at radius 1 is 1.18 bits per heavy atom. The van der Waals surface area contributed by atoms with Gasteiger partial charge in [0.15, 0.2) is 0 Å². The highest BCUT2D eigenvalue weighted by atomic mass is 32.2. The summed E-state index contributed by atoms with van der Waals surface area (Å²) < 4.78 is 37.6. The van der Waals surface area contributed by atoms with E-state index in [0.29, 0.717) is 5.69 Å². The number of nitrogens with zero attached hydrogens (tertiary/aromatic N) is 2. The third kappa shape index (κ3) is 3.02. The zero-order valence-electron chi connectivity index (χ0n) is 11.3. The molecule has 3 nitrogen and oxygen atoms in total. The standard InChI is InChI=1S/C14H10F3N3S2/c1-21-9-4-12(22-7-9)8-2-3-10(18-6-8)11-5-13(20-19-11)14(15,16)17/h2-7H,1H3,(H,19,20). The number of hydrogen-bond acceptors (Lipinski definition) is 4. The van der Waals surface area contributed by atoms with Crippen LogP contribution in [0.2, 0.25) is 0 Å². The van der Waals surface area contributed by atoms with Gasteiger partial charge in [-0.3, -0.25) is 10.1 Å². The number of halogens is 3. The molecular weight excluding hydrogens is 331 g/mol. The van der Waals surface area contributed by atoms with Gasteiger partial charge in [0.25, 0.3) is 0 Å². The smallest absolute Gasteiger partial charge is 0.273 e. The summed E-state index contributed by atoms with van der Waals surface area (Å²) in [4.78, 5) is 6.45. The number of thiophene rings is 1. The molecule has 3 aromatic heterocycles. The van der Waals surface area contributed by atoms with Crippen molar-refractivity contribution >= 4 is 23.1 Å². The average Bonchev–Trinajstić information content (AvgIpc) is 3.16. The van der Waals surface area contributed by atoms with Crippen LogP contribution < -0.4 is 0 Å². The van der Waals surface area contributed by atoms with Gasteiger partial charge in [0.2, 0.25) is 0 Å². The number of rotatable bonds is 3. The molecule has 0 radical (unpaired) electrons. The first-order valence-corrected chi connectivity index (χ1v) is 8.30. The van der Waals surface area contributed by atoms with Gasteiger partial charge in [0, 0.05) is 26.9 Å². The van der Waals surface area contributed by atoms with Crippen LogP contribution in [-0.4, -0.2) is 21.4 Å². The summed E-state index contributed by atoms with van der Waals surface area (Å²) in [7, 11) is 0. The molecule has 0 aliphatic heterocycles. The number of pyridine rings is 1. The molecule has 0 aromatic carbocycles. The monoisotopic (exact) mass is 341 g/mol. The molecule has 0 bridgehead atoms. The first-order chi connectivity index (χ1) is 10.5. The lowest BCUT2D eigenvalue weighted by molar-refractivity contribution is -0.141. The molecule has 0 atom stereocenters. The van der Waals surface area contributed by atoms with Crippen LogP contribution in [-0.2, 0) is 6.18 Å². The lowest BCUT2D eigenvalue weighted by atomic mass is 10.2. The van der Waals surface area contributed by atoms with Crippen LogP contribution in [0.5, 0.6) is 0 Å². The van der Waals surface area contributed by atoms with E-state index in [1.807, 2.05) is 17.4 Å². The molecule has 3 heterocycles. The molecule has 0 spiro atoms. The Morgan fingerprint density at radius 3 is 2.55 bits per heavy atom. The summed E-state index contributed by atoms with van der Waals surface area (Å²) >= 11 is 3.26. The van der Waals surface area contributed by atoms with Crippen LogP contribution in [0.1, 0.15) is 5.69 Å². The molecule has 3 rings (SSSR count). The largest absolute Gasteiger partial charge is 0.432 e. The average molecular weight is 341 g/mol. The van der Waals surface area contributed by atoms with Gasteiger partial charge in [-0.25, -0.2) is 0 Å². The zero-order chi connectivity index (χ0) is 15.7. The Morgan fingerprint density at radius 2 is 2.00 bits per heavy atom. The van der Waals surface area contributed by atoms with E-state index in [9.17, 15) is 13.2 Å². The van der Waals surface area contributed by atoms with Crippen molar-refractivity contribution in [1.29, 1.82) is 0 Å². The van der Waals surface area contributed by atoms with Gasteiger partial charge in [0.05, 0.1) is 5.69 Å². The highest BCUT2D eigenvalue weighted by Gasteiger charge is 2.33. The molecule has 0 saturated carbocycles. The van der Waals surface area contributed by atoms with Crippen molar-refractivity contribution in [3.63, 3.8) is 0 Å². The first-order valence-electron chi connectivity index (χ1n) is 6.19. The van der Waals surface area contributed by atoms with Crippen molar-refractivity contribution in [1.82, 2.24) is 15.2 Å². The molecule has 0 saturated heterocycles. The molecule has 0 aliphatic rings. The van der Waals surface area contributed by atoms with Crippen molar-refractivity contribution < 1.29 is 13.2 Å². The fourth-order valence-electron chi connectivity index (χ4n) is 1.87. The SMILES string of the molecule is CSc1csc(-c2ccc(-c3cc(C(F)(F)F)[nH]n3)nc2)c1. The van der Waals surface area contributed by atoms with Crippen LogP contribution >= 0.6 is 23.1 Å². The van der Waals surface area contributed by atoms with Crippen LogP contribution in [0, 0.1) is 0 Å². The minimum atomic E-state index is -4.43. The molecule has 8 heteroatoms. The van der Waals surface area contributed by atoms with E-state index in [4.69, 9.17) is 0 Å². The number of H-pyrrole nitrogens is 1. The summed E-state index contributed by atoms with van der Waals surface area (Å²) in [6, 6.07) is 6.52. The lowest BCUT2D eigenvalue weighted by Crippen LogP contribution is -2.04. The van der Waals surface area contributed by atoms with Gasteiger partial charge in [-0.05, 0) is 30.5 Å². The number of aromatic nitrogens is 3. The molecular formula is C14H10F3N3S2. The maximum atomic E-state index is 12.5. The van der Waals surface area contributed by atoms with Crippen LogP contribution in [0.15, 0.2) is 40.7 Å². The fourth-order valence-corrected chi connectivity index (χ4v) is 3.47. The van der Waals surface area contributed by atoms with Gasteiger partial charge < -0.3 is 0 Å². The molecule has 0 aliphatic carbocycles. The second-order valence-electron chi connectivity index (χ2n) is 4.45. The van der Waals surface area contributed by atoms with Crippen molar-refractivity contribution in [3.8, 4) is 21.8 Å². The van der Waals surface area contributed by atoms with E-state index in [1.165, 1.54) is 4.90 Å². The van der Waals surface area contributed by atoms with Gasteiger partial charge in [-0.15, -0.1) is 23.1 Å². The molecule has 0 amide bonds. The Hall–Kier alpha value is -1.80. The highest BCUT2D eigenvalue weighted by Crippen LogP contribution is 2.32. The van der Waals surface area contributed by atoms with E-state index in [0.717, 1.165) is 16.5 Å². The van der Waals surface area contributed by atoms with Gasteiger partial charge in [0.1, 0.15) is 11.4 Å². The number of hydrogen-bond donors (Lipinski definition) is 1. The lowest BCUT2D eigenvalue weighted by Gasteiger charge is -2.00. The topological polar surface area (TPSA) is 41.6 Å². The molecule has 114 valence electrons. The van der Waals surface area contributed by atoms with Crippen LogP contribution in [0.4, 0.5) is 13.2 Å². The van der Waals surface area contributed by atoms with Crippen LogP contribution in [0.25, 0.3) is 21.8 Å². The third-order valence-corrected chi connectivity index (χ3v) is 4.84. The van der Waals surface area contributed by atoms with Gasteiger partial charge in [-0.1, -0.05) is 0 Å². The Kier molecular flexibility index (Phi) is 3.96. The maximum Gasteiger partial charge on any atom is 0.432 e.